The molecule has 1 aliphatic rings. The maximum atomic E-state index is 9.78. The number of aliphatic hydroxyl groups excluding tert-OH is 1. The summed E-state index contributed by atoms with van der Waals surface area (Å²) in [4.78, 5) is 11.4. The van der Waals surface area contributed by atoms with E-state index in [1.165, 1.54) is 0 Å². The van der Waals surface area contributed by atoms with E-state index in [1.54, 1.807) is 13.4 Å². The van der Waals surface area contributed by atoms with Crippen LogP contribution in [0.15, 0.2) is 43.0 Å². The molecular formula is C23H27N7O2. The van der Waals surface area contributed by atoms with Gasteiger partial charge in [0.25, 0.3) is 0 Å². The SMILES string of the molecule is COc1cc(-n2cnc(Nc3nc(N4CCC[C@H]4CO)c4cccn4n3)c2)cc(C)c1C. The predicted molar refractivity (Wildman–Crippen MR) is 123 cm³/mol. The zero-order valence-corrected chi connectivity index (χ0v) is 18.5. The van der Waals surface area contributed by atoms with Gasteiger partial charge in [0.1, 0.15) is 17.6 Å². The standard InChI is InChI=1S/C23H27N7O2/c1-15-10-18(11-20(32-3)16(15)2)28-12-21(24-14-28)25-23-26-22(19-7-5-9-30(19)27-23)29-8-4-6-17(29)13-31/h5,7,9-12,14,17,31H,4,6,8,13H2,1-3H3,(H,25,27)/t17-/m0/s1. The van der Waals surface area contributed by atoms with Crippen molar-refractivity contribution in [2.75, 3.05) is 30.5 Å². The van der Waals surface area contributed by atoms with Crippen LogP contribution in [-0.4, -0.2) is 55.6 Å². The molecule has 1 aliphatic heterocycles. The molecule has 1 aromatic carbocycles. The van der Waals surface area contributed by atoms with Crippen molar-refractivity contribution in [3.8, 4) is 11.4 Å². The molecule has 4 aromatic rings. The van der Waals surface area contributed by atoms with Crippen molar-refractivity contribution in [3.63, 3.8) is 0 Å². The quantitative estimate of drug-likeness (QED) is 0.482. The molecule has 4 heterocycles. The molecule has 0 aliphatic carbocycles. The van der Waals surface area contributed by atoms with E-state index >= 15 is 0 Å². The van der Waals surface area contributed by atoms with E-state index in [1.807, 2.05) is 46.6 Å². The van der Waals surface area contributed by atoms with Crippen molar-refractivity contribution >= 4 is 23.1 Å². The molecule has 32 heavy (non-hydrogen) atoms. The maximum Gasteiger partial charge on any atom is 0.248 e. The van der Waals surface area contributed by atoms with Crippen LogP contribution in [0, 0.1) is 13.8 Å². The van der Waals surface area contributed by atoms with Gasteiger partial charge in [0, 0.05) is 18.8 Å². The molecule has 1 fully saturated rings. The van der Waals surface area contributed by atoms with Crippen LogP contribution in [0.3, 0.4) is 0 Å². The lowest BCUT2D eigenvalue weighted by Crippen LogP contribution is -2.33. The Morgan fingerprint density at radius 3 is 2.97 bits per heavy atom. The number of imidazole rings is 1. The predicted octanol–water partition coefficient (Wildman–Crippen LogP) is 3.25. The molecule has 0 unspecified atom stereocenters. The van der Waals surface area contributed by atoms with Crippen LogP contribution >= 0.6 is 0 Å². The Kier molecular flexibility index (Phi) is 5.18. The number of aliphatic hydroxyl groups is 1. The molecule has 0 spiro atoms. The summed E-state index contributed by atoms with van der Waals surface area (Å²) >= 11 is 0. The highest BCUT2D eigenvalue weighted by atomic mass is 16.5. The fraction of sp³-hybridized carbons (Fsp3) is 0.348. The number of hydrogen-bond acceptors (Lipinski definition) is 7. The van der Waals surface area contributed by atoms with Gasteiger partial charge in [-0.2, -0.15) is 4.98 Å². The molecule has 0 radical (unpaired) electrons. The highest BCUT2D eigenvalue weighted by molar-refractivity contribution is 5.71. The minimum atomic E-state index is 0.0791. The maximum absolute atomic E-state index is 9.78. The molecule has 0 bridgehead atoms. The summed E-state index contributed by atoms with van der Waals surface area (Å²) in [5, 5.41) is 17.6. The molecule has 5 rings (SSSR count). The third-order valence-electron chi connectivity index (χ3n) is 6.18. The van der Waals surface area contributed by atoms with Crippen molar-refractivity contribution in [3.05, 3.63) is 54.1 Å². The smallest absolute Gasteiger partial charge is 0.248 e. The zero-order valence-electron chi connectivity index (χ0n) is 18.5. The third-order valence-corrected chi connectivity index (χ3v) is 6.18. The number of nitrogens with zero attached hydrogens (tertiary/aromatic N) is 6. The minimum absolute atomic E-state index is 0.0791. The highest BCUT2D eigenvalue weighted by Gasteiger charge is 2.27. The fourth-order valence-corrected chi connectivity index (χ4v) is 4.30. The van der Waals surface area contributed by atoms with Crippen LogP contribution < -0.4 is 15.0 Å². The first-order valence-corrected chi connectivity index (χ1v) is 10.8. The monoisotopic (exact) mass is 433 g/mol. The lowest BCUT2D eigenvalue weighted by atomic mass is 10.1. The van der Waals surface area contributed by atoms with Crippen LogP contribution in [0.5, 0.6) is 5.75 Å². The number of ether oxygens (including phenoxy) is 1. The molecular weight excluding hydrogens is 406 g/mol. The van der Waals surface area contributed by atoms with Gasteiger partial charge in [0.05, 0.1) is 31.6 Å². The summed E-state index contributed by atoms with van der Waals surface area (Å²) in [5.41, 5.74) is 4.16. The molecule has 2 N–H and O–H groups in total. The second-order valence-corrected chi connectivity index (χ2v) is 8.15. The Morgan fingerprint density at radius 1 is 1.28 bits per heavy atom. The molecule has 9 nitrogen and oxygen atoms in total. The van der Waals surface area contributed by atoms with Gasteiger partial charge in [-0.15, -0.1) is 5.10 Å². The number of anilines is 3. The molecule has 0 saturated carbocycles. The molecule has 3 aromatic heterocycles. The van der Waals surface area contributed by atoms with E-state index in [0.29, 0.717) is 11.8 Å². The number of aryl methyl sites for hydroxylation is 1. The van der Waals surface area contributed by atoms with Crippen molar-refractivity contribution < 1.29 is 9.84 Å². The largest absolute Gasteiger partial charge is 0.496 e. The van der Waals surface area contributed by atoms with E-state index in [-0.39, 0.29) is 12.6 Å². The van der Waals surface area contributed by atoms with Gasteiger partial charge in [0.2, 0.25) is 5.95 Å². The average molecular weight is 434 g/mol. The minimum Gasteiger partial charge on any atom is -0.496 e. The van der Waals surface area contributed by atoms with Gasteiger partial charge in [-0.1, -0.05) is 0 Å². The number of aromatic nitrogens is 5. The zero-order chi connectivity index (χ0) is 22.2. The topological polar surface area (TPSA) is 92.7 Å². The van der Waals surface area contributed by atoms with Gasteiger partial charge < -0.3 is 24.6 Å². The number of hydrogen-bond donors (Lipinski definition) is 2. The van der Waals surface area contributed by atoms with Crippen LogP contribution in [0.25, 0.3) is 11.2 Å². The number of methoxy groups -OCH3 is 1. The molecule has 1 atom stereocenters. The Bertz CT molecular complexity index is 1260. The Morgan fingerprint density at radius 2 is 2.16 bits per heavy atom. The van der Waals surface area contributed by atoms with E-state index < -0.39 is 0 Å². The Labute approximate surface area is 186 Å². The first kappa shape index (κ1) is 20.3. The first-order valence-electron chi connectivity index (χ1n) is 10.8. The van der Waals surface area contributed by atoms with E-state index in [4.69, 9.17) is 9.72 Å². The summed E-state index contributed by atoms with van der Waals surface area (Å²) in [6.45, 7) is 5.10. The molecule has 9 heteroatoms. The van der Waals surface area contributed by atoms with E-state index in [2.05, 4.69) is 33.3 Å². The molecule has 0 amide bonds. The van der Waals surface area contributed by atoms with Crippen molar-refractivity contribution in [2.45, 2.75) is 32.7 Å². The van der Waals surface area contributed by atoms with E-state index in [0.717, 1.165) is 53.3 Å². The second kappa shape index (κ2) is 8.16. The van der Waals surface area contributed by atoms with E-state index in [9.17, 15) is 5.11 Å². The fourth-order valence-electron chi connectivity index (χ4n) is 4.30. The number of fused-ring (bicyclic) bond motifs is 1. The number of benzene rings is 1. The normalized spacial score (nSPS) is 16.1. The van der Waals surface area contributed by atoms with Gasteiger partial charge >= 0.3 is 0 Å². The summed E-state index contributed by atoms with van der Waals surface area (Å²) in [7, 11) is 1.68. The van der Waals surface area contributed by atoms with Crippen molar-refractivity contribution in [1.29, 1.82) is 0 Å². The lowest BCUT2D eigenvalue weighted by Gasteiger charge is -2.25. The number of nitrogens with one attached hydrogen (secondary N) is 1. The van der Waals surface area contributed by atoms with Crippen LogP contribution in [0.1, 0.15) is 24.0 Å². The summed E-state index contributed by atoms with van der Waals surface area (Å²) in [5.74, 6) is 2.76. The summed E-state index contributed by atoms with van der Waals surface area (Å²) < 4.78 is 9.26. The molecule has 166 valence electrons. The van der Waals surface area contributed by atoms with Crippen LogP contribution in [0.4, 0.5) is 17.6 Å². The van der Waals surface area contributed by atoms with Gasteiger partial charge in [-0.05, 0) is 56.0 Å². The van der Waals surface area contributed by atoms with Gasteiger partial charge in [-0.3, -0.25) is 0 Å². The lowest BCUT2D eigenvalue weighted by molar-refractivity contribution is 0.266. The summed E-state index contributed by atoms with van der Waals surface area (Å²) in [6.07, 6.45) is 7.55. The first-order chi connectivity index (χ1) is 15.6. The van der Waals surface area contributed by atoms with Crippen molar-refractivity contribution in [1.82, 2.24) is 24.1 Å². The third kappa shape index (κ3) is 3.54. The second-order valence-electron chi connectivity index (χ2n) is 8.15. The average Bonchev–Trinajstić information content (AvgIpc) is 3.55. The van der Waals surface area contributed by atoms with Crippen LogP contribution in [0.2, 0.25) is 0 Å². The Hall–Kier alpha value is -3.59. The van der Waals surface area contributed by atoms with Crippen LogP contribution in [-0.2, 0) is 0 Å². The van der Waals surface area contributed by atoms with Crippen molar-refractivity contribution in [2.24, 2.45) is 0 Å². The number of rotatable bonds is 6. The highest BCUT2D eigenvalue weighted by Crippen LogP contribution is 2.29. The Balaban J connectivity index is 1.46. The molecule has 1 saturated heterocycles. The van der Waals surface area contributed by atoms with Gasteiger partial charge in [0.15, 0.2) is 11.6 Å². The van der Waals surface area contributed by atoms with Gasteiger partial charge in [-0.25, -0.2) is 9.50 Å². The summed E-state index contributed by atoms with van der Waals surface area (Å²) in [6, 6.07) is 8.12.